The first-order chi connectivity index (χ1) is 18.8. The van der Waals surface area contributed by atoms with Gasteiger partial charge >= 0.3 is 6.03 Å². The molecule has 212 valence electrons. The lowest BCUT2D eigenvalue weighted by Gasteiger charge is -2.07. The molecule has 0 aliphatic carbocycles. The summed E-state index contributed by atoms with van der Waals surface area (Å²) in [5.41, 5.74) is 9.58. The molecule has 0 saturated carbocycles. The molecule has 0 atom stereocenters. The van der Waals surface area contributed by atoms with Crippen molar-refractivity contribution in [1.29, 1.82) is 0 Å². The molecule has 0 aromatic heterocycles. The average Bonchev–Trinajstić information content (AvgIpc) is 2.94. The van der Waals surface area contributed by atoms with E-state index in [2.05, 4.69) is 35.7 Å². The Hall–Kier alpha value is -3.29. The van der Waals surface area contributed by atoms with Gasteiger partial charge in [0.1, 0.15) is 0 Å². The first-order valence-electron chi connectivity index (χ1n) is 13.2. The lowest BCUT2D eigenvalue weighted by Crippen LogP contribution is -2.65. The molecule has 0 saturated heterocycles. The van der Waals surface area contributed by atoms with Crippen molar-refractivity contribution >= 4 is 57.4 Å². The molecule has 0 fully saturated rings. The zero-order valence-electron chi connectivity index (χ0n) is 24.2. The monoisotopic (exact) mass is 571 g/mol. The molecule has 3 rings (SSSR count). The SMILES string of the molecule is CC.CC.CCCC(=[NH+]c1ccc(NC(=O)Cc2ccccc2)cc1C)SC.NC(=O)Nc1ccc(Cl)cc1. The van der Waals surface area contributed by atoms with Crippen LogP contribution in [0.3, 0.4) is 0 Å². The third-order valence-electron chi connectivity index (χ3n) is 4.83. The molecule has 0 heterocycles. The number of hydrogen-bond donors (Lipinski definition) is 4. The summed E-state index contributed by atoms with van der Waals surface area (Å²) in [6.45, 7) is 12.2. The third-order valence-corrected chi connectivity index (χ3v) is 5.88. The minimum absolute atomic E-state index is 0.00339. The van der Waals surface area contributed by atoms with E-state index in [9.17, 15) is 9.59 Å². The molecular weight excluding hydrogens is 528 g/mol. The highest BCUT2D eigenvalue weighted by molar-refractivity contribution is 8.13. The molecule has 0 aliphatic rings. The van der Waals surface area contributed by atoms with E-state index in [0.717, 1.165) is 35.3 Å². The summed E-state index contributed by atoms with van der Waals surface area (Å²) < 4.78 is 0. The van der Waals surface area contributed by atoms with E-state index in [0.29, 0.717) is 17.1 Å². The van der Waals surface area contributed by atoms with Crippen LogP contribution in [0.15, 0.2) is 72.8 Å². The molecule has 0 spiro atoms. The number of aryl methyl sites for hydroxylation is 1. The van der Waals surface area contributed by atoms with Gasteiger partial charge in [0, 0.05) is 34.4 Å². The number of hydrogen-bond acceptors (Lipinski definition) is 3. The summed E-state index contributed by atoms with van der Waals surface area (Å²) >= 11 is 7.35. The number of benzene rings is 3. The van der Waals surface area contributed by atoms with Gasteiger partial charge in [0.25, 0.3) is 0 Å². The van der Waals surface area contributed by atoms with Crippen molar-refractivity contribution in [3.05, 3.63) is 88.9 Å². The number of thioether (sulfide) groups is 1. The predicted molar refractivity (Wildman–Crippen MR) is 171 cm³/mol. The van der Waals surface area contributed by atoms with E-state index < -0.39 is 6.03 Å². The highest BCUT2D eigenvalue weighted by atomic mass is 35.5. The Kier molecular flexibility index (Phi) is 19.8. The second-order valence-corrected chi connectivity index (χ2v) is 9.08. The van der Waals surface area contributed by atoms with Gasteiger partial charge in [-0.3, -0.25) is 4.79 Å². The molecule has 8 heteroatoms. The van der Waals surface area contributed by atoms with E-state index in [1.54, 1.807) is 36.0 Å². The van der Waals surface area contributed by atoms with Gasteiger partial charge in [0.15, 0.2) is 0 Å². The molecule has 0 bridgehead atoms. The summed E-state index contributed by atoms with van der Waals surface area (Å²) in [5, 5.41) is 7.27. The quantitative estimate of drug-likeness (QED) is 0.176. The molecular formula is C31H44ClN4O2S+. The molecule has 39 heavy (non-hydrogen) atoms. The van der Waals surface area contributed by atoms with Gasteiger partial charge in [-0.05, 0) is 61.6 Å². The van der Waals surface area contributed by atoms with Crippen molar-refractivity contribution in [2.75, 3.05) is 16.9 Å². The first-order valence-corrected chi connectivity index (χ1v) is 14.8. The number of primary amides is 1. The molecule has 3 aromatic rings. The number of rotatable bonds is 7. The van der Waals surface area contributed by atoms with Crippen LogP contribution in [0, 0.1) is 6.92 Å². The van der Waals surface area contributed by atoms with Crippen LogP contribution in [0.5, 0.6) is 0 Å². The van der Waals surface area contributed by atoms with Gasteiger partial charge in [0.05, 0.1) is 6.42 Å². The predicted octanol–water partition coefficient (Wildman–Crippen LogP) is 7.33. The van der Waals surface area contributed by atoms with Crippen LogP contribution in [0.2, 0.25) is 5.02 Å². The summed E-state index contributed by atoms with van der Waals surface area (Å²) in [6.07, 6.45) is 4.65. The maximum atomic E-state index is 12.2. The van der Waals surface area contributed by atoms with Crippen LogP contribution in [-0.4, -0.2) is 23.2 Å². The minimum atomic E-state index is -0.577. The topological polar surface area (TPSA) is 98.2 Å². The molecule has 3 aromatic carbocycles. The largest absolute Gasteiger partial charge is 0.351 e. The molecule has 0 radical (unpaired) electrons. The number of nitrogens with one attached hydrogen (secondary N) is 3. The Morgan fingerprint density at radius 1 is 0.897 bits per heavy atom. The van der Waals surface area contributed by atoms with Gasteiger partial charge < -0.3 is 16.4 Å². The zero-order valence-corrected chi connectivity index (χ0v) is 25.8. The van der Waals surface area contributed by atoms with Crippen molar-refractivity contribution in [3.8, 4) is 0 Å². The Labute approximate surface area is 243 Å². The van der Waals surface area contributed by atoms with Crippen LogP contribution >= 0.6 is 23.4 Å². The molecule has 0 unspecified atom stereocenters. The summed E-state index contributed by atoms with van der Waals surface area (Å²) in [7, 11) is 0. The van der Waals surface area contributed by atoms with Crippen LogP contribution in [-0.2, 0) is 11.2 Å². The highest BCUT2D eigenvalue weighted by Gasteiger charge is 2.10. The van der Waals surface area contributed by atoms with Gasteiger partial charge in [-0.15, -0.1) is 0 Å². The molecule has 0 aliphatic heterocycles. The number of amides is 3. The van der Waals surface area contributed by atoms with E-state index in [1.165, 1.54) is 5.04 Å². The number of anilines is 2. The summed E-state index contributed by atoms with van der Waals surface area (Å²) in [4.78, 5) is 26.0. The molecule has 3 amide bonds. The zero-order chi connectivity index (χ0) is 29.6. The lowest BCUT2D eigenvalue weighted by molar-refractivity contribution is -0.352. The summed E-state index contributed by atoms with van der Waals surface area (Å²) in [5.74, 6) is 0.00339. The van der Waals surface area contributed by atoms with Gasteiger partial charge in [-0.25, -0.2) is 9.79 Å². The van der Waals surface area contributed by atoms with E-state index in [4.69, 9.17) is 17.3 Å². The molecule has 5 N–H and O–H groups in total. The maximum Gasteiger partial charge on any atom is 0.316 e. The first kappa shape index (κ1) is 35.7. The number of nitrogens with two attached hydrogens (primary N) is 1. The number of urea groups is 1. The Balaban J connectivity index is 0.000000803. The van der Waals surface area contributed by atoms with Gasteiger partial charge in [-0.1, -0.05) is 88.3 Å². The van der Waals surface area contributed by atoms with Crippen molar-refractivity contribution in [3.63, 3.8) is 0 Å². The van der Waals surface area contributed by atoms with Crippen molar-refractivity contribution in [2.24, 2.45) is 5.73 Å². The smallest absolute Gasteiger partial charge is 0.316 e. The fourth-order valence-electron chi connectivity index (χ4n) is 3.14. The Morgan fingerprint density at radius 3 is 2.00 bits per heavy atom. The average molecular weight is 572 g/mol. The van der Waals surface area contributed by atoms with Gasteiger partial charge in [-0.2, -0.15) is 0 Å². The Bertz CT molecular complexity index is 1140. The van der Waals surface area contributed by atoms with Crippen LogP contribution in [0.4, 0.5) is 21.9 Å². The third kappa shape index (κ3) is 15.7. The number of halogens is 1. The van der Waals surface area contributed by atoms with Crippen molar-refractivity contribution in [1.82, 2.24) is 0 Å². The fourth-order valence-corrected chi connectivity index (χ4v) is 3.88. The highest BCUT2D eigenvalue weighted by Crippen LogP contribution is 2.17. The molecule has 6 nitrogen and oxygen atoms in total. The van der Waals surface area contributed by atoms with Gasteiger partial charge in [0.2, 0.25) is 16.6 Å². The maximum absolute atomic E-state index is 12.2. The second kappa shape index (κ2) is 21.6. The normalized spacial score (nSPS) is 9.90. The number of carbonyl (C=O) groups excluding carboxylic acids is 2. The number of carbonyl (C=O) groups is 2. The standard InChI is InChI=1S/C20H24N2OS.C7H7ClN2O.2C2H6/c1-4-8-20(24-3)22-18-12-11-17(13-15(18)2)21-19(23)14-16-9-6-5-7-10-16;8-5-1-3-6(4-2-5)10-7(9)11;2*1-2/h5-7,9-13H,4,8,14H2,1-3H3,(H,21,23);1-4H,(H3,9,10,11);2*1-2H3/p+1. The van der Waals surface area contributed by atoms with Crippen LogP contribution in [0.1, 0.15) is 58.6 Å². The van der Waals surface area contributed by atoms with Crippen molar-refractivity contribution in [2.45, 2.75) is 60.8 Å². The minimum Gasteiger partial charge on any atom is -0.351 e. The van der Waals surface area contributed by atoms with Crippen LogP contribution < -0.4 is 21.4 Å². The Morgan fingerprint density at radius 2 is 1.49 bits per heavy atom. The summed E-state index contributed by atoms with van der Waals surface area (Å²) in [6, 6.07) is 21.9. The van der Waals surface area contributed by atoms with Crippen molar-refractivity contribution < 1.29 is 14.6 Å². The van der Waals surface area contributed by atoms with E-state index in [1.807, 2.05) is 76.2 Å². The lowest BCUT2D eigenvalue weighted by atomic mass is 10.1. The van der Waals surface area contributed by atoms with E-state index >= 15 is 0 Å². The van der Waals surface area contributed by atoms with E-state index in [-0.39, 0.29) is 5.91 Å². The van der Waals surface area contributed by atoms with Crippen LogP contribution in [0.25, 0.3) is 0 Å². The fraction of sp³-hybridized carbons (Fsp3) is 0.323. The second-order valence-electron chi connectivity index (χ2n) is 7.74.